The Balaban J connectivity index is 5.21. The summed E-state index contributed by atoms with van der Waals surface area (Å²) in [6.45, 7) is 11.6. The van der Waals surface area contributed by atoms with Gasteiger partial charge in [-0.05, 0) is 52.7 Å². The molecule has 0 N–H and O–H groups in total. The van der Waals surface area contributed by atoms with E-state index < -0.39 is 41.2 Å². The van der Waals surface area contributed by atoms with Crippen molar-refractivity contribution in [2.45, 2.75) is 59.5 Å². The van der Waals surface area contributed by atoms with Crippen LogP contribution in [0.2, 0.25) is 0 Å². The van der Waals surface area contributed by atoms with Crippen molar-refractivity contribution in [1.82, 2.24) is 14.7 Å². The normalized spacial score (nSPS) is 13.1. The quantitative estimate of drug-likeness (QED) is 0.428. The number of halogens is 3. The van der Waals surface area contributed by atoms with Crippen LogP contribution in [0.1, 0.15) is 47.5 Å². The highest BCUT2D eigenvalue weighted by atomic mass is 19.1. The van der Waals surface area contributed by atoms with Gasteiger partial charge in [-0.2, -0.15) is 0 Å². The molecule has 0 bridgehead atoms. The lowest BCUT2D eigenvalue weighted by atomic mass is 10.1. The second-order valence-electron chi connectivity index (χ2n) is 7.47. The van der Waals surface area contributed by atoms with Gasteiger partial charge < -0.3 is 14.7 Å². The van der Waals surface area contributed by atoms with Crippen LogP contribution < -0.4 is 0 Å². The van der Waals surface area contributed by atoms with Crippen molar-refractivity contribution in [2.24, 2.45) is 0 Å². The second kappa shape index (κ2) is 13.7. The number of likely N-dealkylation sites (N-methyl/N-ethyl adjacent to an activating group) is 2. The van der Waals surface area contributed by atoms with E-state index in [1.807, 2.05) is 6.92 Å². The van der Waals surface area contributed by atoms with Gasteiger partial charge in [-0.15, -0.1) is 0 Å². The van der Waals surface area contributed by atoms with Crippen LogP contribution in [0.3, 0.4) is 0 Å². The smallest absolute Gasteiger partial charge is 0.282 e. The van der Waals surface area contributed by atoms with Gasteiger partial charge in [0.15, 0.2) is 17.5 Å². The fraction of sp³-hybridized carbons (Fsp3) is 0.591. The van der Waals surface area contributed by atoms with Crippen LogP contribution in [-0.2, 0) is 14.4 Å². The maximum atomic E-state index is 14.4. The third kappa shape index (κ3) is 8.98. The Morgan fingerprint density at radius 3 is 1.94 bits per heavy atom. The molecule has 9 heteroatoms. The highest BCUT2D eigenvalue weighted by Gasteiger charge is 2.25. The summed E-state index contributed by atoms with van der Waals surface area (Å²) in [5.41, 5.74) is 0. The van der Waals surface area contributed by atoms with Gasteiger partial charge in [-0.25, -0.2) is 13.2 Å². The Kier molecular flexibility index (Phi) is 12.5. The molecule has 0 aromatic carbocycles. The van der Waals surface area contributed by atoms with E-state index in [1.165, 1.54) is 16.8 Å². The average Bonchev–Trinajstić information content (AvgIpc) is 2.71. The summed E-state index contributed by atoms with van der Waals surface area (Å²) in [5.74, 6) is -5.87. The summed E-state index contributed by atoms with van der Waals surface area (Å²) in [6, 6.07) is -0.941. The molecular formula is C22H34F3N3O3. The third-order valence-corrected chi connectivity index (χ3v) is 4.61. The van der Waals surface area contributed by atoms with E-state index >= 15 is 0 Å². The van der Waals surface area contributed by atoms with E-state index in [2.05, 4.69) is 6.58 Å². The zero-order valence-corrected chi connectivity index (χ0v) is 19.3. The maximum Gasteiger partial charge on any atom is 0.282 e. The molecule has 0 aromatic rings. The first-order valence-corrected chi connectivity index (χ1v) is 10.3. The van der Waals surface area contributed by atoms with Crippen molar-refractivity contribution in [1.29, 1.82) is 0 Å². The van der Waals surface area contributed by atoms with Crippen LogP contribution in [0.4, 0.5) is 13.2 Å². The van der Waals surface area contributed by atoms with Gasteiger partial charge in [0.1, 0.15) is 0 Å². The summed E-state index contributed by atoms with van der Waals surface area (Å²) in [6.07, 6.45) is 2.59. The molecule has 0 aromatic heterocycles. The molecule has 0 aliphatic heterocycles. The fourth-order valence-corrected chi connectivity index (χ4v) is 2.96. The zero-order chi connectivity index (χ0) is 24.3. The van der Waals surface area contributed by atoms with Crippen LogP contribution in [-0.4, -0.2) is 71.2 Å². The standard InChI is InChI=1S/C22H34F3N3O3/c1-8-13-26(7)21(30)19(25)12-14-27(9-2)22(31)18(24)11-10-16(5)28(15(3)4)20(29)17(6)23/h11-12,15-16H,6,8-10,13-14H2,1-5,7H3/b18-11-,19-12-/t16-/m0/s1. The first-order valence-electron chi connectivity index (χ1n) is 10.3. The van der Waals surface area contributed by atoms with Gasteiger partial charge in [-0.3, -0.25) is 14.4 Å². The lowest BCUT2D eigenvalue weighted by Crippen LogP contribution is -2.43. The van der Waals surface area contributed by atoms with Gasteiger partial charge in [0.05, 0.1) is 0 Å². The topological polar surface area (TPSA) is 60.9 Å². The average molecular weight is 446 g/mol. The molecular weight excluding hydrogens is 411 g/mol. The molecule has 31 heavy (non-hydrogen) atoms. The summed E-state index contributed by atoms with van der Waals surface area (Å²) < 4.78 is 41.7. The number of hydrogen-bond donors (Lipinski definition) is 0. The van der Waals surface area contributed by atoms with Gasteiger partial charge in [-0.1, -0.05) is 13.5 Å². The minimum Gasteiger partial charge on any atom is -0.340 e. The van der Waals surface area contributed by atoms with Crippen molar-refractivity contribution in [3.8, 4) is 0 Å². The molecule has 3 amide bonds. The largest absolute Gasteiger partial charge is 0.340 e. The van der Waals surface area contributed by atoms with Crippen molar-refractivity contribution in [3.05, 3.63) is 36.2 Å². The number of hydrogen-bond acceptors (Lipinski definition) is 3. The van der Waals surface area contributed by atoms with Crippen LogP contribution in [0.15, 0.2) is 36.2 Å². The predicted octanol–water partition coefficient (Wildman–Crippen LogP) is 3.91. The Labute approximate surface area is 183 Å². The fourth-order valence-electron chi connectivity index (χ4n) is 2.96. The van der Waals surface area contributed by atoms with Gasteiger partial charge in [0.2, 0.25) is 0 Å². The monoisotopic (exact) mass is 445 g/mol. The van der Waals surface area contributed by atoms with Crippen molar-refractivity contribution < 1.29 is 27.6 Å². The Hall–Kier alpha value is -2.58. The molecule has 0 aliphatic carbocycles. The molecule has 1 atom stereocenters. The number of carbonyl (C=O) groups is 3. The van der Waals surface area contributed by atoms with Crippen molar-refractivity contribution in [3.63, 3.8) is 0 Å². The number of rotatable bonds is 12. The van der Waals surface area contributed by atoms with E-state index in [0.29, 0.717) is 13.0 Å². The van der Waals surface area contributed by atoms with E-state index in [1.54, 1.807) is 27.7 Å². The van der Waals surface area contributed by atoms with E-state index in [9.17, 15) is 27.6 Å². The van der Waals surface area contributed by atoms with Gasteiger partial charge >= 0.3 is 0 Å². The maximum absolute atomic E-state index is 14.4. The molecule has 0 rings (SSSR count). The summed E-state index contributed by atoms with van der Waals surface area (Å²) in [4.78, 5) is 39.6. The lowest BCUT2D eigenvalue weighted by Gasteiger charge is -2.31. The summed E-state index contributed by atoms with van der Waals surface area (Å²) in [5, 5.41) is 0. The van der Waals surface area contributed by atoms with Crippen LogP contribution in [0.25, 0.3) is 0 Å². The summed E-state index contributed by atoms with van der Waals surface area (Å²) in [7, 11) is 1.47. The molecule has 0 heterocycles. The molecule has 0 unspecified atom stereocenters. The number of nitrogens with zero attached hydrogens (tertiary/aromatic N) is 3. The molecule has 0 saturated carbocycles. The van der Waals surface area contributed by atoms with Crippen LogP contribution >= 0.6 is 0 Å². The van der Waals surface area contributed by atoms with Crippen LogP contribution in [0.5, 0.6) is 0 Å². The highest BCUT2D eigenvalue weighted by molar-refractivity contribution is 5.93. The molecule has 0 saturated heterocycles. The van der Waals surface area contributed by atoms with Gasteiger partial charge in [0.25, 0.3) is 17.7 Å². The Morgan fingerprint density at radius 1 is 0.935 bits per heavy atom. The molecule has 0 spiro atoms. The third-order valence-electron chi connectivity index (χ3n) is 4.61. The van der Waals surface area contributed by atoms with E-state index in [-0.39, 0.29) is 25.6 Å². The minimum absolute atomic E-state index is 0.0309. The van der Waals surface area contributed by atoms with E-state index in [0.717, 1.165) is 17.1 Å². The van der Waals surface area contributed by atoms with Crippen LogP contribution in [0, 0.1) is 0 Å². The Bertz CT molecular complexity index is 720. The number of amides is 3. The highest BCUT2D eigenvalue weighted by Crippen LogP contribution is 2.16. The summed E-state index contributed by atoms with van der Waals surface area (Å²) >= 11 is 0. The zero-order valence-electron chi connectivity index (χ0n) is 19.3. The first kappa shape index (κ1) is 28.4. The van der Waals surface area contributed by atoms with Crippen molar-refractivity contribution >= 4 is 17.7 Å². The molecule has 0 aliphatic rings. The SMILES string of the molecule is C=C(F)C(=O)N(C(C)C)[C@@H](C)C/C=C(\F)C(=O)N(CC)C/C=C(\F)C(=O)N(C)CCC. The lowest BCUT2D eigenvalue weighted by molar-refractivity contribution is -0.132. The predicted molar refractivity (Wildman–Crippen MR) is 115 cm³/mol. The second-order valence-corrected chi connectivity index (χ2v) is 7.47. The number of carbonyl (C=O) groups excluding carboxylic acids is 3. The molecule has 0 radical (unpaired) electrons. The first-order chi connectivity index (χ1) is 14.4. The van der Waals surface area contributed by atoms with Gasteiger partial charge in [0, 0.05) is 38.8 Å². The minimum atomic E-state index is -1.12. The van der Waals surface area contributed by atoms with Crippen molar-refractivity contribution in [2.75, 3.05) is 26.7 Å². The molecule has 6 nitrogen and oxygen atoms in total. The molecule has 176 valence electrons. The Morgan fingerprint density at radius 2 is 1.48 bits per heavy atom. The molecule has 0 fully saturated rings. The van der Waals surface area contributed by atoms with E-state index in [4.69, 9.17) is 0 Å².